The maximum atomic E-state index is 12.6. The highest BCUT2D eigenvalue weighted by Crippen LogP contribution is 2.33. The minimum atomic E-state index is -1.31. The number of nitriles is 1. The average Bonchev–Trinajstić information content (AvgIpc) is 2.68. The quantitative estimate of drug-likeness (QED) is 0.436. The van der Waals surface area contributed by atoms with Crippen molar-refractivity contribution < 1.29 is 19.0 Å². The van der Waals surface area contributed by atoms with Gasteiger partial charge in [0.2, 0.25) is 5.41 Å². The molecule has 1 aliphatic heterocycles. The lowest BCUT2D eigenvalue weighted by molar-refractivity contribution is -0.228. The largest absolute Gasteiger partial charge is 0.461 e. The zero-order chi connectivity index (χ0) is 18.8. The van der Waals surface area contributed by atoms with Crippen LogP contribution in [0.25, 0.3) is 0 Å². The molecule has 0 spiro atoms. The van der Waals surface area contributed by atoms with E-state index in [1.54, 1.807) is 0 Å². The van der Waals surface area contributed by atoms with Crippen molar-refractivity contribution in [2.75, 3.05) is 13.2 Å². The van der Waals surface area contributed by atoms with Gasteiger partial charge < -0.3 is 14.2 Å². The van der Waals surface area contributed by atoms with Gasteiger partial charge in [-0.2, -0.15) is 5.26 Å². The fourth-order valence-corrected chi connectivity index (χ4v) is 3.81. The SMILES string of the molecule is CCCCCC1OCC(C#N)(C(=O)OC2CCC(CCCC)CC2)CO1. The fraction of sp³-hybridized carbons (Fsp3) is 0.905. The summed E-state index contributed by atoms with van der Waals surface area (Å²) in [5, 5.41) is 9.57. The van der Waals surface area contributed by atoms with E-state index in [4.69, 9.17) is 14.2 Å². The number of unbranched alkanes of at least 4 members (excludes halogenated alkanes) is 3. The molecule has 148 valence electrons. The van der Waals surface area contributed by atoms with Crippen LogP contribution in [0.2, 0.25) is 0 Å². The van der Waals surface area contributed by atoms with Crippen molar-refractivity contribution >= 4 is 5.97 Å². The van der Waals surface area contributed by atoms with Gasteiger partial charge in [-0.15, -0.1) is 0 Å². The summed E-state index contributed by atoms with van der Waals surface area (Å²) in [6, 6.07) is 2.11. The van der Waals surface area contributed by atoms with Crippen molar-refractivity contribution in [2.45, 2.75) is 96.9 Å². The number of hydrogen-bond donors (Lipinski definition) is 0. The summed E-state index contributed by atoms with van der Waals surface area (Å²) in [5.74, 6) is 0.295. The normalized spacial score (nSPS) is 32.0. The minimum Gasteiger partial charge on any atom is -0.461 e. The molecule has 5 nitrogen and oxygen atoms in total. The van der Waals surface area contributed by atoms with Gasteiger partial charge in [-0.3, -0.25) is 4.79 Å². The summed E-state index contributed by atoms with van der Waals surface area (Å²) >= 11 is 0. The Morgan fingerprint density at radius 3 is 2.27 bits per heavy atom. The molecule has 5 heteroatoms. The molecule has 0 bridgehead atoms. The van der Waals surface area contributed by atoms with Crippen LogP contribution in [0, 0.1) is 22.7 Å². The van der Waals surface area contributed by atoms with Gasteiger partial charge in [-0.05, 0) is 44.4 Å². The highest BCUT2D eigenvalue weighted by molar-refractivity contribution is 5.80. The van der Waals surface area contributed by atoms with Crippen molar-refractivity contribution in [1.29, 1.82) is 5.26 Å². The molecule has 0 amide bonds. The molecule has 26 heavy (non-hydrogen) atoms. The Bertz CT molecular complexity index is 457. The minimum absolute atomic E-state index is 0.0621. The molecule has 1 aliphatic carbocycles. The van der Waals surface area contributed by atoms with Gasteiger partial charge in [0, 0.05) is 0 Å². The summed E-state index contributed by atoms with van der Waals surface area (Å²) in [4.78, 5) is 12.6. The Hall–Kier alpha value is -1.12. The number of carbonyl (C=O) groups is 1. The van der Waals surface area contributed by atoms with Crippen molar-refractivity contribution in [1.82, 2.24) is 0 Å². The Labute approximate surface area is 158 Å². The number of carbonyl (C=O) groups excluding carboxylic acids is 1. The van der Waals surface area contributed by atoms with E-state index in [2.05, 4.69) is 19.9 Å². The standard InChI is InChI=1S/C21H35NO4/c1-3-5-7-9-19-24-15-21(14-22,16-25-19)20(23)26-18-12-10-17(11-13-18)8-6-4-2/h17-19H,3-13,15-16H2,1-2H3. The molecular weight excluding hydrogens is 330 g/mol. The molecule has 1 saturated carbocycles. The molecule has 0 N–H and O–H groups in total. The van der Waals surface area contributed by atoms with Crippen molar-refractivity contribution in [3.8, 4) is 6.07 Å². The van der Waals surface area contributed by atoms with Crippen LogP contribution in [0.4, 0.5) is 0 Å². The van der Waals surface area contributed by atoms with Gasteiger partial charge in [0.1, 0.15) is 6.10 Å². The molecule has 1 heterocycles. The van der Waals surface area contributed by atoms with E-state index < -0.39 is 11.4 Å². The highest BCUT2D eigenvalue weighted by Gasteiger charge is 2.46. The third-order valence-electron chi connectivity index (χ3n) is 5.71. The molecule has 2 aliphatic rings. The van der Waals surface area contributed by atoms with E-state index in [1.807, 2.05) is 0 Å². The van der Waals surface area contributed by atoms with Crippen molar-refractivity contribution in [3.05, 3.63) is 0 Å². The second-order valence-electron chi connectivity index (χ2n) is 7.93. The van der Waals surface area contributed by atoms with Gasteiger partial charge in [0.25, 0.3) is 0 Å². The van der Waals surface area contributed by atoms with Crippen molar-refractivity contribution in [3.63, 3.8) is 0 Å². The summed E-state index contributed by atoms with van der Waals surface area (Å²) < 4.78 is 17.0. The van der Waals surface area contributed by atoms with E-state index in [0.29, 0.717) is 0 Å². The average molecular weight is 366 g/mol. The van der Waals surface area contributed by atoms with Crippen LogP contribution in [0.15, 0.2) is 0 Å². The predicted octanol–water partition coefficient (Wildman–Crippen LogP) is 4.74. The Morgan fingerprint density at radius 1 is 1.04 bits per heavy atom. The van der Waals surface area contributed by atoms with Gasteiger partial charge in [-0.25, -0.2) is 0 Å². The first-order valence-corrected chi connectivity index (χ1v) is 10.5. The molecular formula is C21H35NO4. The highest BCUT2D eigenvalue weighted by atomic mass is 16.7. The molecule has 2 rings (SSSR count). The maximum absolute atomic E-state index is 12.6. The fourth-order valence-electron chi connectivity index (χ4n) is 3.81. The number of ether oxygens (including phenoxy) is 3. The third-order valence-corrected chi connectivity index (χ3v) is 5.71. The molecule has 0 radical (unpaired) electrons. The maximum Gasteiger partial charge on any atom is 0.331 e. The lowest BCUT2D eigenvalue weighted by atomic mass is 9.84. The van der Waals surface area contributed by atoms with E-state index in [-0.39, 0.29) is 25.6 Å². The molecule has 0 atom stereocenters. The third kappa shape index (κ3) is 5.96. The number of nitrogens with zero attached hydrogens (tertiary/aromatic N) is 1. The van der Waals surface area contributed by atoms with E-state index in [9.17, 15) is 10.1 Å². The molecule has 0 aromatic heterocycles. The monoisotopic (exact) mass is 365 g/mol. The van der Waals surface area contributed by atoms with E-state index in [0.717, 1.165) is 57.3 Å². The van der Waals surface area contributed by atoms with Crippen LogP contribution in [-0.4, -0.2) is 31.6 Å². The van der Waals surface area contributed by atoms with Crippen LogP contribution in [0.1, 0.15) is 84.5 Å². The first-order valence-electron chi connectivity index (χ1n) is 10.5. The smallest absolute Gasteiger partial charge is 0.331 e. The van der Waals surface area contributed by atoms with Crippen LogP contribution < -0.4 is 0 Å². The second kappa shape index (κ2) is 10.9. The van der Waals surface area contributed by atoms with Gasteiger partial charge in [0.05, 0.1) is 19.3 Å². The number of esters is 1. The van der Waals surface area contributed by atoms with Crippen LogP contribution >= 0.6 is 0 Å². The molecule has 1 saturated heterocycles. The predicted molar refractivity (Wildman–Crippen MR) is 99.2 cm³/mol. The summed E-state index contributed by atoms with van der Waals surface area (Å²) in [6.45, 7) is 4.52. The van der Waals surface area contributed by atoms with Crippen LogP contribution in [-0.2, 0) is 19.0 Å². The first-order chi connectivity index (χ1) is 12.6. The zero-order valence-corrected chi connectivity index (χ0v) is 16.5. The topological polar surface area (TPSA) is 68.5 Å². The summed E-state index contributed by atoms with van der Waals surface area (Å²) in [5.41, 5.74) is -1.31. The number of hydrogen-bond acceptors (Lipinski definition) is 5. The first kappa shape index (κ1) is 21.2. The van der Waals surface area contributed by atoms with Crippen LogP contribution in [0.5, 0.6) is 0 Å². The van der Waals surface area contributed by atoms with Crippen LogP contribution in [0.3, 0.4) is 0 Å². The molecule has 2 fully saturated rings. The molecule has 0 unspecified atom stereocenters. The Balaban J connectivity index is 1.76. The van der Waals surface area contributed by atoms with Gasteiger partial charge >= 0.3 is 5.97 Å². The van der Waals surface area contributed by atoms with E-state index >= 15 is 0 Å². The lowest BCUT2D eigenvalue weighted by Gasteiger charge is -2.35. The Kier molecular flexibility index (Phi) is 8.87. The summed E-state index contributed by atoms with van der Waals surface area (Å²) in [7, 11) is 0. The second-order valence-corrected chi connectivity index (χ2v) is 7.93. The molecule has 0 aromatic carbocycles. The number of rotatable bonds is 9. The lowest BCUT2D eigenvalue weighted by Crippen LogP contribution is -2.48. The molecule has 0 aromatic rings. The van der Waals surface area contributed by atoms with Crippen molar-refractivity contribution in [2.24, 2.45) is 11.3 Å². The zero-order valence-electron chi connectivity index (χ0n) is 16.5. The van der Waals surface area contributed by atoms with Gasteiger partial charge in [-0.1, -0.05) is 46.0 Å². The van der Waals surface area contributed by atoms with Gasteiger partial charge in [0.15, 0.2) is 6.29 Å². The summed E-state index contributed by atoms with van der Waals surface area (Å²) in [6.07, 6.45) is 11.6. The van der Waals surface area contributed by atoms with E-state index in [1.165, 1.54) is 19.3 Å². The Morgan fingerprint density at radius 2 is 1.69 bits per heavy atom.